The van der Waals surface area contributed by atoms with Crippen LogP contribution >= 0.6 is 37.5 Å². The second-order valence-corrected chi connectivity index (χ2v) is 5.41. The van der Waals surface area contributed by atoms with Crippen LogP contribution in [0.3, 0.4) is 0 Å². The van der Waals surface area contributed by atoms with Crippen molar-refractivity contribution >= 4 is 52.4 Å². The first kappa shape index (κ1) is 14.9. The monoisotopic (exact) mass is 292 g/mol. The summed E-state index contributed by atoms with van der Waals surface area (Å²) in [6.07, 6.45) is 0. The van der Waals surface area contributed by atoms with Gasteiger partial charge in [-0.1, -0.05) is 48.6 Å². The summed E-state index contributed by atoms with van der Waals surface area (Å²) < 4.78 is 0.389. The quantitative estimate of drug-likeness (QED) is 0.442. The minimum atomic E-state index is 0.389. The molecule has 0 aliphatic carbocycles. The van der Waals surface area contributed by atoms with Gasteiger partial charge in [0, 0.05) is 0 Å². The van der Waals surface area contributed by atoms with Crippen molar-refractivity contribution in [3.63, 3.8) is 0 Å². The third kappa shape index (κ3) is 7.21. The number of thiol groups is 2. The molecule has 0 aliphatic heterocycles. The van der Waals surface area contributed by atoms with Gasteiger partial charge < -0.3 is 0 Å². The summed E-state index contributed by atoms with van der Waals surface area (Å²) in [5, 5.41) is 8.20. The van der Waals surface area contributed by atoms with Crippen LogP contribution < -0.4 is 0 Å². The van der Waals surface area contributed by atoms with E-state index in [1.807, 2.05) is 60.7 Å². The molecule has 0 fully saturated rings. The van der Waals surface area contributed by atoms with E-state index < -0.39 is 0 Å². The average molecular weight is 292 g/mol. The SMILES string of the molecule is S=C(S)S.c1ccc(N=Nc2ccccc2)cc1. The van der Waals surface area contributed by atoms with Crippen molar-refractivity contribution in [2.24, 2.45) is 10.2 Å². The molecule has 0 aliphatic rings. The maximum Gasteiger partial charge on any atom is 0.0976 e. The Balaban J connectivity index is 0.000000357. The van der Waals surface area contributed by atoms with Gasteiger partial charge in [0.05, 0.1) is 14.9 Å². The van der Waals surface area contributed by atoms with Crippen LogP contribution in [0.4, 0.5) is 11.4 Å². The van der Waals surface area contributed by atoms with E-state index in [9.17, 15) is 0 Å². The number of hydrogen-bond donors (Lipinski definition) is 2. The molecule has 0 aromatic heterocycles. The van der Waals surface area contributed by atoms with E-state index in [1.54, 1.807) is 0 Å². The molecule has 0 saturated carbocycles. The number of benzene rings is 2. The predicted molar refractivity (Wildman–Crippen MR) is 87.6 cm³/mol. The fourth-order valence-corrected chi connectivity index (χ4v) is 1.10. The Morgan fingerprint density at radius 1 is 0.722 bits per heavy atom. The number of rotatable bonds is 2. The van der Waals surface area contributed by atoms with Gasteiger partial charge >= 0.3 is 0 Å². The van der Waals surface area contributed by atoms with Gasteiger partial charge in [0.1, 0.15) is 0 Å². The van der Waals surface area contributed by atoms with Crippen LogP contribution in [0.5, 0.6) is 0 Å². The molecule has 0 radical (unpaired) electrons. The van der Waals surface area contributed by atoms with Crippen LogP contribution in [0, 0.1) is 0 Å². The van der Waals surface area contributed by atoms with Crippen LogP contribution in [-0.2, 0) is 0 Å². The Morgan fingerprint density at radius 3 is 1.28 bits per heavy atom. The molecule has 5 heteroatoms. The van der Waals surface area contributed by atoms with Gasteiger partial charge in [0.15, 0.2) is 0 Å². The maximum absolute atomic E-state index is 4.27. The van der Waals surface area contributed by atoms with Crippen molar-refractivity contribution < 1.29 is 0 Å². The molecule has 0 atom stereocenters. The zero-order valence-electron chi connectivity index (χ0n) is 9.47. The maximum atomic E-state index is 4.27. The Hall–Kier alpha value is -1.17. The van der Waals surface area contributed by atoms with E-state index in [0.717, 1.165) is 11.4 Å². The molecule has 18 heavy (non-hydrogen) atoms. The second kappa shape index (κ2) is 8.85. The van der Waals surface area contributed by atoms with Crippen molar-refractivity contribution in [3.8, 4) is 0 Å². The Bertz CT molecular complexity index is 453. The molecule has 2 rings (SSSR count). The van der Waals surface area contributed by atoms with Crippen molar-refractivity contribution in [2.75, 3.05) is 0 Å². The summed E-state index contributed by atoms with van der Waals surface area (Å²) in [5.41, 5.74) is 1.74. The predicted octanol–water partition coefficient (Wildman–Crippen LogP) is 5.23. The topological polar surface area (TPSA) is 24.7 Å². The highest BCUT2D eigenvalue weighted by Gasteiger charge is 1.86. The molecule has 0 bridgehead atoms. The average Bonchev–Trinajstić information content (AvgIpc) is 2.38. The van der Waals surface area contributed by atoms with E-state index in [0.29, 0.717) is 3.53 Å². The van der Waals surface area contributed by atoms with E-state index in [4.69, 9.17) is 0 Å². The summed E-state index contributed by atoms with van der Waals surface area (Å²) in [4.78, 5) is 0. The van der Waals surface area contributed by atoms with Crippen molar-refractivity contribution in [2.45, 2.75) is 0 Å². The number of nitrogens with zero attached hydrogens (tertiary/aromatic N) is 2. The fourth-order valence-electron chi connectivity index (χ4n) is 1.10. The van der Waals surface area contributed by atoms with E-state index >= 15 is 0 Å². The molecule has 0 unspecified atom stereocenters. The van der Waals surface area contributed by atoms with E-state index in [2.05, 4.69) is 47.7 Å². The highest BCUT2D eigenvalue weighted by atomic mass is 32.2. The first-order valence-corrected chi connectivity index (χ1v) is 6.42. The van der Waals surface area contributed by atoms with E-state index in [-0.39, 0.29) is 0 Å². The van der Waals surface area contributed by atoms with Crippen LogP contribution in [0.15, 0.2) is 70.9 Å². The third-order valence-corrected chi connectivity index (χ3v) is 1.79. The van der Waals surface area contributed by atoms with Gasteiger partial charge in [0.25, 0.3) is 0 Å². The van der Waals surface area contributed by atoms with Gasteiger partial charge in [-0.2, -0.15) is 10.2 Å². The van der Waals surface area contributed by atoms with Crippen LogP contribution in [0.25, 0.3) is 0 Å². The summed E-state index contributed by atoms with van der Waals surface area (Å²) in [5.74, 6) is 0. The summed E-state index contributed by atoms with van der Waals surface area (Å²) >= 11 is 11.4. The Kier molecular flexibility index (Phi) is 7.32. The van der Waals surface area contributed by atoms with Gasteiger partial charge in [-0.25, -0.2) is 0 Å². The first-order valence-electron chi connectivity index (χ1n) is 5.12. The van der Waals surface area contributed by atoms with Crippen LogP contribution in [0.2, 0.25) is 0 Å². The molecule has 0 amide bonds. The lowest BCUT2D eigenvalue weighted by molar-refractivity contribution is 1.23. The number of azo groups is 1. The Labute approximate surface area is 123 Å². The van der Waals surface area contributed by atoms with Gasteiger partial charge in [-0.3, -0.25) is 0 Å². The molecule has 0 spiro atoms. The molecule has 0 saturated heterocycles. The molecule has 0 N–H and O–H groups in total. The number of hydrogen-bond acceptors (Lipinski definition) is 3. The molecule has 92 valence electrons. The molecule has 2 nitrogen and oxygen atoms in total. The lowest BCUT2D eigenvalue weighted by atomic mass is 10.3. The van der Waals surface area contributed by atoms with Crippen molar-refractivity contribution in [3.05, 3.63) is 60.7 Å². The van der Waals surface area contributed by atoms with Crippen molar-refractivity contribution in [1.82, 2.24) is 0 Å². The summed E-state index contributed by atoms with van der Waals surface area (Å²) in [7, 11) is 0. The summed E-state index contributed by atoms with van der Waals surface area (Å²) in [6, 6.07) is 19.4. The molecule has 0 heterocycles. The largest absolute Gasteiger partial charge is 0.151 e. The Morgan fingerprint density at radius 2 is 1.00 bits per heavy atom. The van der Waals surface area contributed by atoms with E-state index in [1.165, 1.54) is 0 Å². The first-order chi connectivity index (χ1) is 8.68. The molecular formula is C13H12N2S3. The minimum Gasteiger partial charge on any atom is -0.151 e. The van der Waals surface area contributed by atoms with Gasteiger partial charge in [-0.05, 0) is 24.3 Å². The fraction of sp³-hybridized carbons (Fsp3) is 0. The highest BCUT2D eigenvalue weighted by Crippen LogP contribution is 2.16. The molecule has 2 aromatic carbocycles. The normalized spacial score (nSPS) is 9.67. The van der Waals surface area contributed by atoms with Crippen LogP contribution in [-0.4, -0.2) is 3.53 Å². The van der Waals surface area contributed by atoms with Crippen LogP contribution in [0.1, 0.15) is 0 Å². The third-order valence-electron chi connectivity index (χ3n) is 1.79. The standard InChI is InChI=1S/C12H10N2.CH2S3/c1-3-7-11(8-4-1)13-14-12-9-5-2-6-10-12;2-1(3)4/h1-10H;(H2,2,3,4). The summed E-state index contributed by atoms with van der Waals surface area (Å²) in [6.45, 7) is 0. The number of thiocarbonyl (C=S) groups is 1. The lowest BCUT2D eigenvalue weighted by Gasteiger charge is -1.91. The zero-order valence-corrected chi connectivity index (χ0v) is 12.1. The second-order valence-electron chi connectivity index (χ2n) is 3.15. The van der Waals surface area contributed by atoms with Gasteiger partial charge in [-0.15, -0.1) is 25.3 Å². The highest BCUT2D eigenvalue weighted by molar-refractivity contribution is 8.34. The lowest BCUT2D eigenvalue weighted by Crippen LogP contribution is -1.62. The molecular weight excluding hydrogens is 280 g/mol. The van der Waals surface area contributed by atoms with Crippen molar-refractivity contribution in [1.29, 1.82) is 0 Å². The minimum absolute atomic E-state index is 0.389. The molecule has 2 aromatic rings. The van der Waals surface area contributed by atoms with Gasteiger partial charge in [0.2, 0.25) is 0 Å². The smallest absolute Gasteiger partial charge is 0.0976 e. The zero-order chi connectivity index (χ0) is 13.2.